The van der Waals surface area contributed by atoms with Gasteiger partial charge in [-0.05, 0) is 39.3 Å². The summed E-state index contributed by atoms with van der Waals surface area (Å²) in [6, 6.07) is 0. The van der Waals surface area contributed by atoms with Crippen LogP contribution in [0.2, 0.25) is 0 Å². The van der Waals surface area contributed by atoms with Crippen LogP contribution >= 0.6 is 0 Å². The zero-order valence-corrected chi connectivity index (χ0v) is 11.6. The summed E-state index contributed by atoms with van der Waals surface area (Å²) >= 11 is 0. The smallest absolute Gasteiger partial charge is 0.0721 e. The highest BCUT2D eigenvalue weighted by Crippen LogP contribution is 2.26. The van der Waals surface area contributed by atoms with E-state index >= 15 is 0 Å². The molecule has 1 N–H and O–H groups in total. The molecule has 0 fully saturated rings. The SMILES string of the molecule is CCN(CC)C(C)(CC)C(O)CCCOC. The van der Waals surface area contributed by atoms with Crippen LogP contribution in [0.4, 0.5) is 0 Å². The van der Waals surface area contributed by atoms with Gasteiger partial charge in [-0.25, -0.2) is 0 Å². The third-order valence-electron chi connectivity index (χ3n) is 3.75. The van der Waals surface area contributed by atoms with Gasteiger partial charge in [-0.1, -0.05) is 20.8 Å². The highest BCUT2D eigenvalue weighted by Gasteiger charge is 2.35. The van der Waals surface area contributed by atoms with Crippen LogP contribution in [0.5, 0.6) is 0 Å². The molecule has 0 aromatic heterocycles. The van der Waals surface area contributed by atoms with Crippen molar-refractivity contribution in [1.82, 2.24) is 4.90 Å². The summed E-state index contributed by atoms with van der Waals surface area (Å²) in [5.41, 5.74) is -0.1000. The molecule has 0 spiro atoms. The van der Waals surface area contributed by atoms with Crippen molar-refractivity contribution >= 4 is 0 Å². The molecule has 0 aliphatic heterocycles. The lowest BCUT2D eigenvalue weighted by molar-refractivity contribution is -0.0270. The molecule has 0 aliphatic rings. The van der Waals surface area contributed by atoms with Crippen molar-refractivity contribution < 1.29 is 9.84 Å². The van der Waals surface area contributed by atoms with Gasteiger partial charge in [0, 0.05) is 19.3 Å². The Bertz CT molecular complexity index is 171. The van der Waals surface area contributed by atoms with Gasteiger partial charge in [0.25, 0.3) is 0 Å². The topological polar surface area (TPSA) is 32.7 Å². The van der Waals surface area contributed by atoms with E-state index in [1.165, 1.54) is 0 Å². The second kappa shape index (κ2) is 8.04. The first kappa shape index (κ1) is 15.9. The zero-order chi connectivity index (χ0) is 12.6. The van der Waals surface area contributed by atoms with Gasteiger partial charge in [-0.3, -0.25) is 4.90 Å². The summed E-state index contributed by atoms with van der Waals surface area (Å²) in [4.78, 5) is 2.35. The van der Waals surface area contributed by atoms with E-state index in [1.807, 2.05) is 0 Å². The number of ether oxygens (including phenoxy) is 1. The van der Waals surface area contributed by atoms with E-state index < -0.39 is 0 Å². The molecule has 0 aromatic carbocycles. The molecule has 0 rings (SSSR count). The van der Waals surface area contributed by atoms with Gasteiger partial charge < -0.3 is 9.84 Å². The van der Waals surface area contributed by atoms with Crippen LogP contribution in [0.25, 0.3) is 0 Å². The molecule has 0 aliphatic carbocycles. The van der Waals surface area contributed by atoms with Crippen molar-refractivity contribution in [3.63, 3.8) is 0 Å². The predicted octanol–water partition coefficient (Wildman–Crippen LogP) is 2.28. The van der Waals surface area contributed by atoms with Gasteiger partial charge in [0.2, 0.25) is 0 Å². The third-order valence-corrected chi connectivity index (χ3v) is 3.75. The Morgan fingerprint density at radius 3 is 2.19 bits per heavy atom. The van der Waals surface area contributed by atoms with Gasteiger partial charge in [0.05, 0.1) is 6.10 Å². The molecule has 3 heteroatoms. The summed E-state index contributed by atoms with van der Waals surface area (Å²) in [6.07, 6.45) is 2.44. The van der Waals surface area contributed by atoms with Crippen molar-refractivity contribution in [2.45, 2.75) is 58.6 Å². The standard InChI is InChI=1S/C13H29NO2/c1-6-13(4,14(7-2)8-3)12(15)10-9-11-16-5/h12,15H,6-11H2,1-5H3. The minimum atomic E-state index is -0.271. The monoisotopic (exact) mass is 231 g/mol. The molecule has 0 radical (unpaired) electrons. The normalized spacial score (nSPS) is 17.4. The largest absolute Gasteiger partial charge is 0.391 e. The summed E-state index contributed by atoms with van der Waals surface area (Å²) in [7, 11) is 1.70. The molecule has 3 nitrogen and oxygen atoms in total. The average molecular weight is 231 g/mol. The minimum Gasteiger partial charge on any atom is -0.391 e. The lowest BCUT2D eigenvalue weighted by atomic mass is 9.86. The van der Waals surface area contributed by atoms with Crippen LogP contribution in [-0.4, -0.2) is 48.5 Å². The third kappa shape index (κ3) is 4.04. The van der Waals surface area contributed by atoms with Gasteiger partial charge in [0.15, 0.2) is 0 Å². The number of hydrogen-bond acceptors (Lipinski definition) is 3. The molecule has 16 heavy (non-hydrogen) atoms. The maximum Gasteiger partial charge on any atom is 0.0721 e. The number of nitrogens with zero attached hydrogens (tertiary/aromatic N) is 1. The van der Waals surface area contributed by atoms with E-state index in [9.17, 15) is 5.11 Å². The number of aliphatic hydroxyl groups is 1. The first-order chi connectivity index (χ1) is 7.56. The van der Waals surface area contributed by atoms with Crippen molar-refractivity contribution in [2.75, 3.05) is 26.8 Å². The van der Waals surface area contributed by atoms with Gasteiger partial charge in [-0.15, -0.1) is 0 Å². The summed E-state index contributed by atoms with van der Waals surface area (Å²) in [5, 5.41) is 10.3. The fourth-order valence-electron chi connectivity index (χ4n) is 2.35. The molecule has 98 valence electrons. The Balaban J connectivity index is 4.41. The highest BCUT2D eigenvalue weighted by molar-refractivity contribution is 4.91. The van der Waals surface area contributed by atoms with Crippen LogP contribution in [0, 0.1) is 0 Å². The Morgan fingerprint density at radius 2 is 1.81 bits per heavy atom. The molecule has 0 aromatic rings. The maximum absolute atomic E-state index is 10.3. The first-order valence-corrected chi connectivity index (χ1v) is 6.48. The lowest BCUT2D eigenvalue weighted by Gasteiger charge is -2.43. The predicted molar refractivity (Wildman–Crippen MR) is 68.7 cm³/mol. The summed E-state index contributed by atoms with van der Waals surface area (Å²) in [6.45, 7) is 11.3. The van der Waals surface area contributed by atoms with E-state index in [2.05, 4.69) is 32.6 Å². The highest BCUT2D eigenvalue weighted by atomic mass is 16.5. The van der Waals surface area contributed by atoms with Gasteiger partial charge in [0.1, 0.15) is 0 Å². The van der Waals surface area contributed by atoms with E-state index in [4.69, 9.17) is 4.74 Å². The van der Waals surface area contributed by atoms with Crippen molar-refractivity contribution in [1.29, 1.82) is 0 Å². The fourth-order valence-corrected chi connectivity index (χ4v) is 2.35. The summed E-state index contributed by atoms with van der Waals surface area (Å²) in [5.74, 6) is 0. The minimum absolute atomic E-state index is 0.1000. The summed E-state index contributed by atoms with van der Waals surface area (Å²) < 4.78 is 5.03. The van der Waals surface area contributed by atoms with Crippen LogP contribution in [0.3, 0.4) is 0 Å². The van der Waals surface area contributed by atoms with E-state index in [0.717, 1.165) is 39.0 Å². The number of likely N-dealkylation sites (N-methyl/N-ethyl adjacent to an activating group) is 1. The number of aliphatic hydroxyl groups excluding tert-OH is 1. The molecular weight excluding hydrogens is 202 g/mol. The van der Waals surface area contributed by atoms with Gasteiger partial charge in [-0.2, -0.15) is 0 Å². The molecule has 0 bridgehead atoms. The lowest BCUT2D eigenvalue weighted by Crippen LogP contribution is -2.54. The fraction of sp³-hybridized carbons (Fsp3) is 1.00. The quantitative estimate of drug-likeness (QED) is 0.618. The van der Waals surface area contributed by atoms with Crippen LogP contribution in [-0.2, 0) is 4.74 Å². The van der Waals surface area contributed by atoms with E-state index in [0.29, 0.717) is 0 Å². The molecular formula is C13H29NO2. The number of hydrogen-bond donors (Lipinski definition) is 1. The zero-order valence-electron chi connectivity index (χ0n) is 11.6. The van der Waals surface area contributed by atoms with Crippen LogP contribution in [0.15, 0.2) is 0 Å². The molecule has 2 unspecified atom stereocenters. The second-order valence-corrected chi connectivity index (χ2v) is 4.53. The van der Waals surface area contributed by atoms with Crippen molar-refractivity contribution in [3.8, 4) is 0 Å². The molecule has 2 atom stereocenters. The van der Waals surface area contributed by atoms with E-state index in [-0.39, 0.29) is 11.6 Å². The Morgan fingerprint density at radius 1 is 1.25 bits per heavy atom. The second-order valence-electron chi connectivity index (χ2n) is 4.53. The van der Waals surface area contributed by atoms with E-state index in [1.54, 1.807) is 7.11 Å². The van der Waals surface area contributed by atoms with Crippen LogP contribution in [0.1, 0.15) is 47.0 Å². The Labute approximate surface area is 101 Å². The van der Waals surface area contributed by atoms with Crippen molar-refractivity contribution in [2.24, 2.45) is 0 Å². The van der Waals surface area contributed by atoms with Crippen LogP contribution < -0.4 is 0 Å². The average Bonchev–Trinajstić information content (AvgIpc) is 2.30. The molecule has 0 amide bonds. The number of methoxy groups -OCH3 is 1. The van der Waals surface area contributed by atoms with Crippen molar-refractivity contribution in [3.05, 3.63) is 0 Å². The Hall–Kier alpha value is -0.120. The number of rotatable bonds is 9. The molecule has 0 saturated heterocycles. The van der Waals surface area contributed by atoms with Gasteiger partial charge >= 0.3 is 0 Å². The molecule has 0 saturated carbocycles. The first-order valence-electron chi connectivity index (χ1n) is 6.48. The molecule has 0 heterocycles. The maximum atomic E-state index is 10.3. The Kier molecular flexibility index (Phi) is 7.98.